The van der Waals surface area contributed by atoms with Crippen LogP contribution in [0, 0.1) is 5.92 Å². The molecule has 0 amide bonds. The minimum absolute atomic E-state index is 0.356. The third-order valence-corrected chi connectivity index (χ3v) is 4.48. The van der Waals surface area contributed by atoms with Gasteiger partial charge in [0.1, 0.15) is 11.5 Å². The van der Waals surface area contributed by atoms with Crippen LogP contribution in [0.5, 0.6) is 11.5 Å². The first-order valence-electron chi connectivity index (χ1n) is 7.90. The van der Waals surface area contributed by atoms with Crippen LogP contribution in [0.4, 0.5) is 5.69 Å². The molecule has 118 valence electrons. The summed E-state index contributed by atoms with van der Waals surface area (Å²) in [5, 5.41) is 0. The van der Waals surface area contributed by atoms with E-state index in [1.165, 1.54) is 18.5 Å². The number of nitrogens with zero attached hydrogens (tertiary/aromatic N) is 1. The minimum atomic E-state index is 0.356. The third kappa shape index (κ3) is 4.03. The van der Waals surface area contributed by atoms with E-state index in [-0.39, 0.29) is 0 Å². The summed E-state index contributed by atoms with van der Waals surface area (Å²) in [7, 11) is 3.39. The van der Waals surface area contributed by atoms with Gasteiger partial charge in [-0.25, -0.2) is 0 Å². The van der Waals surface area contributed by atoms with E-state index in [2.05, 4.69) is 17.9 Å². The van der Waals surface area contributed by atoms with E-state index in [4.69, 9.17) is 15.2 Å². The van der Waals surface area contributed by atoms with E-state index in [1.54, 1.807) is 14.2 Å². The number of hydrogen-bond acceptors (Lipinski definition) is 4. The molecule has 1 heterocycles. The molecule has 1 aromatic rings. The fraction of sp³-hybridized carbons (Fsp3) is 0.647. The predicted octanol–water partition coefficient (Wildman–Crippen LogP) is 3.05. The van der Waals surface area contributed by atoms with Crippen LogP contribution in [0.3, 0.4) is 0 Å². The van der Waals surface area contributed by atoms with Gasteiger partial charge in [-0.2, -0.15) is 0 Å². The zero-order valence-electron chi connectivity index (χ0n) is 13.5. The predicted molar refractivity (Wildman–Crippen MR) is 87.4 cm³/mol. The molecule has 0 spiro atoms. The van der Waals surface area contributed by atoms with Crippen molar-refractivity contribution in [3.63, 3.8) is 0 Å². The highest BCUT2D eigenvalue weighted by Gasteiger charge is 2.25. The molecule has 1 aromatic carbocycles. The molecule has 1 fully saturated rings. The molecule has 2 atom stereocenters. The molecule has 0 saturated carbocycles. The summed E-state index contributed by atoms with van der Waals surface area (Å²) >= 11 is 0. The largest absolute Gasteiger partial charge is 0.497 e. The van der Waals surface area contributed by atoms with Crippen LogP contribution in [0.1, 0.15) is 32.6 Å². The number of hydrogen-bond donors (Lipinski definition) is 1. The molecule has 0 bridgehead atoms. The molecule has 1 aliphatic rings. The first kappa shape index (κ1) is 16.0. The van der Waals surface area contributed by atoms with Crippen LogP contribution in [0.15, 0.2) is 18.2 Å². The van der Waals surface area contributed by atoms with Crippen molar-refractivity contribution in [2.45, 2.75) is 38.6 Å². The summed E-state index contributed by atoms with van der Waals surface area (Å²) in [5.41, 5.74) is 7.19. The fourth-order valence-corrected chi connectivity index (χ4v) is 2.99. The topological polar surface area (TPSA) is 47.7 Å². The molecular weight excluding hydrogens is 264 g/mol. The Hall–Kier alpha value is -1.42. The SMILES string of the molecule is CCC(N)CCC1CCN(c2ccc(OC)cc2OC)C1. The van der Waals surface area contributed by atoms with Crippen molar-refractivity contribution in [3.05, 3.63) is 18.2 Å². The Balaban J connectivity index is 1.97. The maximum Gasteiger partial charge on any atom is 0.145 e. The average molecular weight is 292 g/mol. The van der Waals surface area contributed by atoms with Crippen LogP contribution in [-0.2, 0) is 0 Å². The van der Waals surface area contributed by atoms with Gasteiger partial charge >= 0.3 is 0 Å². The molecule has 0 aliphatic carbocycles. The van der Waals surface area contributed by atoms with E-state index in [1.807, 2.05) is 12.1 Å². The molecule has 21 heavy (non-hydrogen) atoms. The third-order valence-electron chi connectivity index (χ3n) is 4.48. The number of nitrogens with two attached hydrogens (primary N) is 1. The minimum Gasteiger partial charge on any atom is -0.497 e. The molecule has 2 N–H and O–H groups in total. The lowest BCUT2D eigenvalue weighted by Gasteiger charge is -2.22. The van der Waals surface area contributed by atoms with Crippen LogP contribution in [-0.4, -0.2) is 33.4 Å². The first-order chi connectivity index (χ1) is 10.2. The Labute approximate surface area is 128 Å². The van der Waals surface area contributed by atoms with Crippen molar-refractivity contribution in [3.8, 4) is 11.5 Å². The van der Waals surface area contributed by atoms with E-state index >= 15 is 0 Å². The van der Waals surface area contributed by atoms with Gasteiger partial charge in [-0.3, -0.25) is 0 Å². The Bertz CT molecular complexity index is 450. The zero-order chi connectivity index (χ0) is 15.2. The maximum absolute atomic E-state index is 6.03. The van der Waals surface area contributed by atoms with Crippen molar-refractivity contribution in [2.24, 2.45) is 11.7 Å². The highest BCUT2D eigenvalue weighted by molar-refractivity contribution is 5.61. The number of benzene rings is 1. The Morgan fingerprint density at radius 3 is 2.81 bits per heavy atom. The van der Waals surface area contributed by atoms with E-state index < -0.39 is 0 Å². The average Bonchev–Trinajstić information content (AvgIpc) is 3.00. The van der Waals surface area contributed by atoms with Gasteiger partial charge in [-0.05, 0) is 43.7 Å². The number of anilines is 1. The highest BCUT2D eigenvalue weighted by atomic mass is 16.5. The molecule has 0 aromatic heterocycles. The monoisotopic (exact) mass is 292 g/mol. The zero-order valence-corrected chi connectivity index (χ0v) is 13.5. The first-order valence-corrected chi connectivity index (χ1v) is 7.90. The summed E-state index contributed by atoms with van der Waals surface area (Å²) in [5.74, 6) is 2.47. The summed E-state index contributed by atoms with van der Waals surface area (Å²) in [6.07, 6.45) is 4.67. The highest BCUT2D eigenvalue weighted by Crippen LogP contribution is 2.36. The lowest BCUT2D eigenvalue weighted by molar-refractivity contribution is 0.394. The quantitative estimate of drug-likeness (QED) is 0.839. The number of ether oxygens (including phenoxy) is 2. The molecule has 2 unspecified atom stereocenters. The van der Waals surface area contributed by atoms with Crippen molar-refractivity contribution < 1.29 is 9.47 Å². The number of methoxy groups -OCH3 is 2. The molecule has 4 heteroatoms. The van der Waals surface area contributed by atoms with Crippen LogP contribution in [0.2, 0.25) is 0 Å². The van der Waals surface area contributed by atoms with Gasteiger partial charge in [-0.15, -0.1) is 0 Å². The van der Waals surface area contributed by atoms with Crippen LogP contribution >= 0.6 is 0 Å². The van der Waals surface area contributed by atoms with E-state index in [9.17, 15) is 0 Å². The van der Waals surface area contributed by atoms with Crippen molar-refractivity contribution in [1.29, 1.82) is 0 Å². The smallest absolute Gasteiger partial charge is 0.145 e. The standard InChI is InChI=1S/C17H28N2O2/c1-4-14(18)6-5-13-9-10-19(12-13)16-8-7-15(20-2)11-17(16)21-3/h7-8,11,13-14H,4-6,9-10,12,18H2,1-3H3. The summed E-state index contributed by atoms with van der Waals surface area (Å²) < 4.78 is 10.8. The van der Waals surface area contributed by atoms with Gasteiger partial charge in [0.2, 0.25) is 0 Å². The Kier molecular flexibility index (Phi) is 5.74. The summed E-state index contributed by atoms with van der Waals surface area (Å²) in [4.78, 5) is 2.42. The molecule has 2 rings (SSSR count). The fourth-order valence-electron chi connectivity index (χ4n) is 2.99. The molecule has 4 nitrogen and oxygen atoms in total. The second-order valence-electron chi connectivity index (χ2n) is 5.88. The molecular formula is C17H28N2O2. The molecule has 0 radical (unpaired) electrons. The van der Waals surface area contributed by atoms with Gasteiger partial charge in [0.15, 0.2) is 0 Å². The van der Waals surface area contributed by atoms with Crippen molar-refractivity contribution >= 4 is 5.69 Å². The van der Waals surface area contributed by atoms with Gasteiger partial charge in [0.25, 0.3) is 0 Å². The second kappa shape index (κ2) is 7.55. The molecule has 1 saturated heterocycles. The summed E-state index contributed by atoms with van der Waals surface area (Å²) in [6, 6.07) is 6.40. The molecule has 1 aliphatic heterocycles. The maximum atomic E-state index is 6.03. The Morgan fingerprint density at radius 1 is 1.33 bits per heavy atom. The lowest BCUT2D eigenvalue weighted by Crippen LogP contribution is -2.22. The van der Waals surface area contributed by atoms with Gasteiger partial charge in [-0.1, -0.05) is 6.92 Å². The Morgan fingerprint density at radius 2 is 2.14 bits per heavy atom. The van der Waals surface area contributed by atoms with Crippen LogP contribution in [0.25, 0.3) is 0 Å². The van der Waals surface area contributed by atoms with Crippen LogP contribution < -0.4 is 20.1 Å². The van der Waals surface area contributed by atoms with E-state index in [0.29, 0.717) is 6.04 Å². The van der Waals surface area contributed by atoms with Gasteiger partial charge < -0.3 is 20.1 Å². The van der Waals surface area contributed by atoms with Crippen molar-refractivity contribution in [1.82, 2.24) is 0 Å². The van der Waals surface area contributed by atoms with Gasteiger partial charge in [0, 0.05) is 25.2 Å². The van der Waals surface area contributed by atoms with E-state index in [0.717, 1.165) is 43.3 Å². The second-order valence-corrected chi connectivity index (χ2v) is 5.88. The van der Waals surface area contributed by atoms with Gasteiger partial charge in [0.05, 0.1) is 19.9 Å². The lowest BCUT2D eigenvalue weighted by atomic mass is 9.98. The normalized spacial score (nSPS) is 19.6. The number of rotatable bonds is 7. The van der Waals surface area contributed by atoms with Crippen molar-refractivity contribution in [2.75, 3.05) is 32.2 Å². The summed E-state index contributed by atoms with van der Waals surface area (Å²) in [6.45, 7) is 4.35.